The van der Waals surface area contributed by atoms with Gasteiger partial charge in [-0.1, -0.05) is 4.49 Å². The Labute approximate surface area is 102 Å². The van der Waals surface area contributed by atoms with E-state index in [1.54, 1.807) is 6.07 Å². The van der Waals surface area contributed by atoms with Gasteiger partial charge >= 0.3 is 0 Å². The maximum Gasteiger partial charge on any atom is 0.141 e. The first-order chi connectivity index (χ1) is 8.33. The van der Waals surface area contributed by atoms with E-state index in [1.807, 2.05) is 0 Å². The molecule has 17 heavy (non-hydrogen) atoms. The third-order valence-corrected chi connectivity index (χ3v) is 3.38. The van der Waals surface area contributed by atoms with Gasteiger partial charge in [0, 0.05) is 12.6 Å². The first kappa shape index (κ1) is 10.7. The molecule has 1 saturated carbocycles. The first-order valence-electron chi connectivity index (χ1n) is 5.49. The summed E-state index contributed by atoms with van der Waals surface area (Å²) in [5.74, 6) is -0.338. The van der Waals surface area contributed by atoms with E-state index < -0.39 is 0 Å². The van der Waals surface area contributed by atoms with Crippen molar-refractivity contribution in [1.82, 2.24) is 19.9 Å². The molecule has 88 valence electrons. The molecule has 0 aromatic carbocycles. The monoisotopic (exact) mass is 250 g/mol. The molecule has 0 amide bonds. The van der Waals surface area contributed by atoms with Gasteiger partial charge in [0.1, 0.15) is 11.5 Å². The topological polar surface area (TPSA) is 50.7 Å². The summed E-state index contributed by atoms with van der Waals surface area (Å²) < 4.78 is 16.7. The molecule has 2 aromatic rings. The van der Waals surface area contributed by atoms with Crippen LogP contribution >= 0.6 is 11.5 Å². The fourth-order valence-electron chi connectivity index (χ4n) is 1.56. The molecule has 1 aliphatic rings. The summed E-state index contributed by atoms with van der Waals surface area (Å²) >= 11 is 1.36. The van der Waals surface area contributed by atoms with Gasteiger partial charge < -0.3 is 5.32 Å². The fourth-order valence-corrected chi connectivity index (χ4v) is 2.16. The standard InChI is InChI=1S/C11H11FN4S/c12-7-1-4-9(14-5-7)11-10(17-16-15-11)6-13-8-2-3-8/h1,4-5,8,13H,2-3,6H2. The van der Waals surface area contributed by atoms with E-state index in [4.69, 9.17) is 0 Å². The van der Waals surface area contributed by atoms with Crippen LogP contribution in [-0.4, -0.2) is 20.6 Å². The Kier molecular flexibility index (Phi) is 2.82. The lowest BCUT2D eigenvalue weighted by Crippen LogP contribution is -2.14. The highest BCUT2D eigenvalue weighted by molar-refractivity contribution is 7.05. The van der Waals surface area contributed by atoms with Crippen LogP contribution in [0, 0.1) is 5.82 Å². The van der Waals surface area contributed by atoms with Crippen LogP contribution in [0.5, 0.6) is 0 Å². The minimum Gasteiger partial charge on any atom is -0.309 e. The normalized spacial score (nSPS) is 15.1. The van der Waals surface area contributed by atoms with Crippen molar-refractivity contribution in [3.8, 4) is 11.4 Å². The number of pyridine rings is 1. The van der Waals surface area contributed by atoms with Crippen LogP contribution in [0.1, 0.15) is 17.7 Å². The summed E-state index contributed by atoms with van der Waals surface area (Å²) in [6, 6.07) is 3.66. The van der Waals surface area contributed by atoms with Crippen molar-refractivity contribution in [2.45, 2.75) is 25.4 Å². The molecule has 0 aliphatic heterocycles. The number of hydrogen-bond acceptors (Lipinski definition) is 5. The molecule has 0 atom stereocenters. The fraction of sp³-hybridized carbons (Fsp3) is 0.364. The zero-order valence-corrected chi connectivity index (χ0v) is 9.88. The summed E-state index contributed by atoms with van der Waals surface area (Å²) in [6.45, 7) is 0.761. The number of nitrogens with one attached hydrogen (secondary N) is 1. The lowest BCUT2D eigenvalue weighted by molar-refractivity contribution is 0.621. The molecule has 0 radical (unpaired) electrons. The SMILES string of the molecule is Fc1ccc(-c2nnsc2CNC2CC2)nc1. The quantitative estimate of drug-likeness (QED) is 0.901. The molecule has 0 spiro atoms. The summed E-state index contributed by atoms with van der Waals surface area (Å²) in [6.07, 6.45) is 3.69. The highest BCUT2D eigenvalue weighted by Gasteiger charge is 2.21. The maximum atomic E-state index is 12.8. The molecule has 3 rings (SSSR count). The van der Waals surface area contributed by atoms with Gasteiger partial charge in [-0.05, 0) is 36.5 Å². The summed E-state index contributed by atoms with van der Waals surface area (Å²) in [4.78, 5) is 5.08. The van der Waals surface area contributed by atoms with Crippen LogP contribution in [0.4, 0.5) is 4.39 Å². The van der Waals surface area contributed by atoms with Gasteiger partial charge in [-0.15, -0.1) is 5.10 Å². The first-order valence-corrected chi connectivity index (χ1v) is 6.27. The Morgan fingerprint density at radius 1 is 1.41 bits per heavy atom. The van der Waals surface area contributed by atoms with Gasteiger partial charge in [-0.25, -0.2) is 4.39 Å². The number of halogens is 1. The molecule has 0 bridgehead atoms. The minimum absolute atomic E-state index is 0.338. The lowest BCUT2D eigenvalue weighted by Gasteiger charge is -2.01. The summed E-state index contributed by atoms with van der Waals surface area (Å²) in [5.41, 5.74) is 1.43. The maximum absolute atomic E-state index is 12.8. The van der Waals surface area contributed by atoms with E-state index in [-0.39, 0.29) is 5.82 Å². The van der Waals surface area contributed by atoms with Gasteiger partial charge in [-0.3, -0.25) is 4.98 Å². The van der Waals surface area contributed by atoms with Gasteiger partial charge in [0.05, 0.1) is 16.8 Å². The van der Waals surface area contributed by atoms with E-state index in [0.717, 1.165) is 17.1 Å². The number of nitrogens with zero attached hydrogens (tertiary/aromatic N) is 3. The second kappa shape index (κ2) is 4.46. The molecule has 6 heteroatoms. The van der Waals surface area contributed by atoms with Crippen molar-refractivity contribution < 1.29 is 4.39 Å². The Bertz CT molecular complexity index is 506. The van der Waals surface area contributed by atoms with Crippen molar-refractivity contribution in [2.75, 3.05) is 0 Å². The van der Waals surface area contributed by atoms with E-state index in [1.165, 1.54) is 36.6 Å². The average Bonchev–Trinajstić information content (AvgIpc) is 3.06. The van der Waals surface area contributed by atoms with Crippen molar-refractivity contribution in [3.05, 3.63) is 29.0 Å². The summed E-state index contributed by atoms with van der Waals surface area (Å²) in [5, 5.41) is 7.47. The van der Waals surface area contributed by atoms with Gasteiger partial charge in [0.15, 0.2) is 0 Å². The second-order valence-corrected chi connectivity index (χ2v) is 4.90. The zero-order chi connectivity index (χ0) is 11.7. The van der Waals surface area contributed by atoms with Crippen LogP contribution < -0.4 is 5.32 Å². The molecule has 1 aliphatic carbocycles. The van der Waals surface area contributed by atoms with Crippen LogP contribution in [0.25, 0.3) is 11.4 Å². The van der Waals surface area contributed by atoms with Crippen LogP contribution in [0.2, 0.25) is 0 Å². The van der Waals surface area contributed by atoms with Crippen LogP contribution in [0.15, 0.2) is 18.3 Å². The number of rotatable bonds is 4. The Morgan fingerprint density at radius 2 is 2.29 bits per heavy atom. The zero-order valence-electron chi connectivity index (χ0n) is 9.06. The highest BCUT2D eigenvalue weighted by atomic mass is 32.1. The van der Waals surface area contributed by atoms with Crippen molar-refractivity contribution in [1.29, 1.82) is 0 Å². The molecule has 1 N–H and O–H groups in total. The molecule has 2 aromatic heterocycles. The third-order valence-electron chi connectivity index (χ3n) is 2.65. The predicted octanol–water partition coefficient (Wildman–Crippen LogP) is 1.99. The van der Waals surface area contributed by atoms with Crippen LogP contribution in [0.3, 0.4) is 0 Å². The Morgan fingerprint density at radius 3 is 3.00 bits per heavy atom. The van der Waals surface area contributed by atoms with E-state index in [2.05, 4.69) is 19.9 Å². The largest absolute Gasteiger partial charge is 0.309 e. The number of hydrogen-bond donors (Lipinski definition) is 1. The van der Waals surface area contributed by atoms with E-state index >= 15 is 0 Å². The second-order valence-electron chi connectivity index (χ2n) is 4.06. The molecule has 0 saturated heterocycles. The highest BCUT2D eigenvalue weighted by Crippen LogP contribution is 2.24. The third kappa shape index (κ3) is 2.48. The molecular formula is C11H11FN4S. The predicted molar refractivity (Wildman–Crippen MR) is 63.0 cm³/mol. The van der Waals surface area contributed by atoms with Gasteiger partial charge in [0.2, 0.25) is 0 Å². The lowest BCUT2D eigenvalue weighted by atomic mass is 10.2. The molecule has 0 unspecified atom stereocenters. The average molecular weight is 250 g/mol. The smallest absolute Gasteiger partial charge is 0.141 e. The van der Waals surface area contributed by atoms with Gasteiger partial charge in [0.25, 0.3) is 0 Å². The molecule has 4 nitrogen and oxygen atoms in total. The van der Waals surface area contributed by atoms with E-state index in [0.29, 0.717) is 11.7 Å². The molecule has 1 fully saturated rings. The number of aromatic nitrogens is 3. The summed E-state index contributed by atoms with van der Waals surface area (Å²) in [7, 11) is 0. The Hall–Kier alpha value is -1.40. The minimum atomic E-state index is -0.338. The van der Waals surface area contributed by atoms with Crippen LogP contribution in [-0.2, 0) is 6.54 Å². The van der Waals surface area contributed by atoms with Crippen molar-refractivity contribution in [3.63, 3.8) is 0 Å². The van der Waals surface area contributed by atoms with E-state index in [9.17, 15) is 4.39 Å². The van der Waals surface area contributed by atoms with Crippen molar-refractivity contribution >= 4 is 11.5 Å². The molecular weight excluding hydrogens is 239 g/mol. The van der Waals surface area contributed by atoms with Crippen molar-refractivity contribution in [2.24, 2.45) is 0 Å². The van der Waals surface area contributed by atoms with Gasteiger partial charge in [-0.2, -0.15) is 0 Å². The molecule has 2 heterocycles. The Balaban J connectivity index is 1.81.